The first-order valence-corrected chi connectivity index (χ1v) is 11.6. The van der Waals surface area contributed by atoms with Crippen LogP contribution in [0.15, 0.2) is 60.7 Å². The summed E-state index contributed by atoms with van der Waals surface area (Å²) in [5.41, 5.74) is -1.43. The molecule has 1 amide bonds. The summed E-state index contributed by atoms with van der Waals surface area (Å²) in [5, 5.41) is 11.3. The van der Waals surface area contributed by atoms with Gasteiger partial charge in [0.05, 0.1) is 11.5 Å². The lowest BCUT2D eigenvalue weighted by Gasteiger charge is -2.29. The van der Waals surface area contributed by atoms with E-state index in [-0.39, 0.29) is 11.5 Å². The van der Waals surface area contributed by atoms with Gasteiger partial charge in [-0.25, -0.2) is 13.2 Å². The van der Waals surface area contributed by atoms with Gasteiger partial charge in [0, 0.05) is 12.6 Å². The highest BCUT2D eigenvalue weighted by atomic mass is 32.2. The molecular weight excluding hydrogens is 406 g/mol. The molecule has 8 heteroatoms. The van der Waals surface area contributed by atoms with Crippen molar-refractivity contribution < 1.29 is 27.9 Å². The molecule has 0 bridgehead atoms. The number of nitrogens with zero attached hydrogens (tertiary/aromatic N) is 1. The van der Waals surface area contributed by atoms with E-state index in [9.17, 15) is 23.1 Å². The van der Waals surface area contributed by atoms with Crippen LogP contribution in [0.5, 0.6) is 0 Å². The van der Waals surface area contributed by atoms with Gasteiger partial charge in [-0.1, -0.05) is 60.7 Å². The van der Waals surface area contributed by atoms with Gasteiger partial charge in [-0.3, -0.25) is 4.79 Å². The number of carbonyl (C=O) groups excluding carboxylic acids is 2. The third kappa shape index (κ3) is 4.55. The molecule has 1 aliphatic rings. The Hall–Kier alpha value is -2.71. The third-order valence-corrected chi connectivity index (χ3v) is 7.07. The number of sulfone groups is 1. The molecule has 160 valence electrons. The molecule has 3 rings (SSSR count). The van der Waals surface area contributed by atoms with Gasteiger partial charge >= 0.3 is 5.97 Å². The number of ether oxygens (including phenoxy) is 1. The lowest BCUT2D eigenvalue weighted by atomic mass is 9.86. The van der Waals surface area contributed by atoms with E-state index < -0.39 is 40.0 Å². The Morgan fingerprint density at radius 2 is 1.60 bits per heavy atom. The number of benzene rings is 2. The van der Waals surface area contributed by atoms with Crippen molar-refractivity contribution in [3.05, 3.63) is 71.8 Å². The normalized spacial score (nSPS) is 18.0. The van der Waals surface area contributed by atoms with Gasteiger partial charge in [-0.15, -0.1) is 0 Å². The molecule has 2 aromatic carbocycles. The van der Waals surface area contributed by atoms with Crippen molar-refractivity contribution in [3.63, 3.8) is 0 Å². The molecule has 0 saturated carbocycles. The van der Waals surface area contributed by atoms with Gasteiger partial charge in [-0.2, -0.15) is 0 Å². The molecule has 0 spiro atoms. The number of likely N-dealkylation sites (N-methyl/N-ethyl adjacent to an activating group) is 1. The zero-order valence-electron chi connectivity index (χ0n) is 16.7. The van der Waals surface area contributed by atoms with Crippen molar-refractivity contribution in [2.24, 2.45) is 0 Å². The van der Waals surface area contributed by atoms with Gasteiger partial charge in [0.25, 0.3) is 5.91 Å². The van der Waals surface area contributed by atoms with Crippen LogP contribution in [0.3, 0.4) is 0 Å². The number of rotatable bonds is 7. The fourth-order valence-electron chi connectivity index (χ4n) is 3.74. The first-order chi connectivity index (χ1) is 14.3. The number of hydrogen-bond acceptors (Lipinski definition) is 6. The molecule has 0 unspecified atom stereocenters. The zero-order valence-corrected chi connectivity index (χ0v) is 17.5. The second-order valence-corrected chi connectivity index (χ2v) is 9.48. The van der Waals surface area contributed by atoms with E-state index in [2.05, 4.69) is 0 Å². The number of aliphatic hydroxyl groups is 1. The third-order valence-electron chi connectivity index (χ3n) is 5.32. The molecule has 1 atom stereocenters. The van der Waals surface area contributed by atoms with Crippen molar-refractivity contribution in [2.45, 2.75) is 25.0 Å². The zero-order chi connectivity index (χ0) is 21.8. The number of hydrogen-bond donors (Lipinski definition) is 1. The van der Waals surface area contributed by atoms with Crippen LogP contribution < -0.4 is 0 Å². The summed E-state index contributed by atoms with van der Waals surface area (Å²) in [6.45, 7) is 1.47. The Kier molecular flexibility index (Phi) is 6.58. The second-order valence-electron chi connectivity index (χ2n) is 7.26. The fourth-order valence-corrected chi connectivity index (χ4v) is 5.47. The highest BCUT2D eigenvalue weighted by Crippen LogP contribution is 2.31. The smallest absolute Gasteiger partial charge is 0.348 e. The highest BCUT2D eigenvalue weighted by molar-refractivity contribution is 7.91. The van der Waals surface area contributed by atoms with Crippen molar-refractivity contribution in [1.29, 1.82) is 0 Å². The Morgan fingerprint density at radius 3 is 2.03 bits per heavy atom. The molecule has 2 aromatic rings. The monoisotopic (exact) mass is 431 g/mol. The largest absolute Gasteiger partial charge is 0.453 e. The molecular formula is C22H25NO6S. The lowest BCUT2D eigenvalue weighted by molar-refractivity contribution is -0.166. The highest BCUT2D eigenvalue weighted by Gasteiger charge is 2.42. The first kappa shape index (κ1) is 22.0. The van der Waals surface area contributed by atoms with E-state index in [1.807, 2.05) is 0 Å². The number of carbonyl (C=O) groups is 2. The van der Waals surface area contributed by atoms with Gasteiger partial charge < -0.3 is 14.7 Å². The maximum atomic E-state index is 13.0. The van der Waals surface area contributed by atoms with Crippen molar-refractivity contribution in [1.82, 2.24) is 4.90 Å². The summed E-state index contributed by atoms with van der Waals surface area (Å²) in [4.78, 5) is 27.0. The van der Waals surface area contributed by atoms with E-state index in [1.165, 1.54) is 4.90 Å². The van der Waals surface area contributed by atoms with E-state index in [1.54, 1.807) is 67.6 Å². The summed E-state index contributed by atoms with van der Waals surface area (Å²) >= 11 is 0. The van der Waals surface area contributed by atoms with Crippen LogP contribution in [0.1, 0.15) is 24.5 Å². The molecule has 0 radical (unpaired) electrons. The summed E-state index contributed by atoms with van der Waals surface area (Å²) in [6, 6.07) is 16.3. The molecule has 30 heavy (non-hydrogen) atoms. The van der Waals surface area contributed by atoms with Gasteiger partial charge in [0.2, 0.25) is 5.60 Å². The van der Waals surface area contributed by atoms with Gasteiger partial charge in [-0.05, 0) is 24.5 Å². The van der Waals surface area contributed by atoms with E-state index in [4.69, 9.17) is 4.74 Å². The molecule has 1 fully saturated rings. The summed E-state index contributed by atoms with van der Waals surface area (Å²) < 4.78 is 28.7. The Balaban J connectivity index is 1.77. The van der Waals surface area contributed by atoms with Crippen LogP contribution >= 0.6 is 0 Å². The average molecular weight is 432 g/mol. The van der Waals surface area contributed by atoms with E-state index >= 15 is 0 Å². The molecule has 0 aromatic heterocycles. The van der Waals surface area contributed by atoms with Crippen LogP contribution in [0.25, 0.3) is 0 Å². The van der Waals surface area contributed by atoms with Crippen molar-refractivity contribution >= 4 is 21.7 Å². The van der Waals surface area contributed by atoms with Crippen LogP contribution in [0.4, 0.5) is 0 Å². The van der Waals surface area contributed by atoms with E-state index in [0.29, 0.717) is 24.1 Å². The minimum Gasteiger partial charge on any atom is -0.453 e. The fraction of sp³-hybridized carbons (Fsp3) is 0.364. The van der Waals surface area contributed by atoms with Crippen LogP contribution in [-0.2, 0) is 29.8 Å². The Morgan fingerprint density at radius 1 is 1.07 bits per heavy atom. The lowest BCUT2D eigenvalue weighted by Crippen LogP contribution is -2.45. The SMILES string of the molecule is CCN(C(=O)COC(=O)C(O)(c1ccccc1)c1ccccc1)[C@H]1CCS(=O)(=O)C1. The summed E-state index contributed by atoms with van der Waals surface area (Å²) in [5.74, 6) is -1.50. The van der Waals surface area contributed by atoms with Crippen LogP contribution in [-0.4, -0.2) is 61.0 Å². The molecule has 1 saturated heterocycles. The minimum absolute atomic E-state index is 0.0446. The Bertz CT molecular complexity index is 951. The molecule has 0 aliphatic carbocycles. The average Bonchev–Trinajstić information content (AvgIpc) is 3.12. The summed E-state index contributed by atoms with van der Waals surface area (Å²) in [7, 11) is -3.15. The molecule has 1 heterocycles. The number of amides is 1. The van der Waals surface area contributed by atoms with Gasteiger partial charge in [0.1, 0.15) is 0 Å². The first-order valence-electron chi connectivity index (χ1n) is 9.78. The quantitative estimate of drug-likeness (QED) is 0.667. The Labute approximate surface area is 176 Å². The second kappa shape index (κ2) is 8.97. The molecule has 1 aliphatic heterocycles. The maximum Gasteiger partial charge on any atom is 0.348 e. The summed E-state index contributed by atoms with van der Waals surface area (Å²) in [6.07, 6.45) is 0.369. The minimum atomic E-state index is -3.15. The standard InChI is InChI=1S/C22H25NO6S/c1-2-23(19-13-14-30(27,28)16-19)20(24)15-29-21(25)22(26,17-9-5-3-6-10-17)18-11-7-4-8-12-18/h3-12,19,26H,2,13-16H2,1H3/t19-/m0/s1. The van der Waals surface area contributed by atoms with Crippen LogP contribution in [0.2, 0.25) is 0 Å². The predicted molar refractivity (Wildman–Crippen MR) is 111 cm³/mol. The molecule has 1 N–H and O–H groups in total. The topological polar surface area (TPSA) is 101 Å². The van der Waals surface area contributed by atoms with Crippen molar-refractivity contribution in [2.75, 3.05) is 24.7 Å². The van der Waals surface area contributed by atoms with E-state index in [0.717, 1.165) is 0 Å². The van der Waals surface area contributed by atoms with Gasteiger partial charge in [0.15, 0.2) is 16.4 Å². The molecule has 7 nitrogen and oxygen atoms in total. The van der Waals surface area contributed by atoms with Crippen molar-refractivity contribution in [3.8, 4) is 0 Å². The number of esters is 1. The van der Waals surface area contributed by atoms with Crippen LogP contribution in [0, 0.1) is 0 Å². The maximum absolute atomic E-state index is 13.0. The predicted octanol–water partition coefficient (Wildman–Crippen LogP) is 1.50.